The van der Waals surface area contributed by atoms with Gasteiger partial charge in [0, 0.05) is 0 Å². The number of anilines is 2. The zero-order valence-electron chi connectivity index (χ0n) is 8.38. The molecule has 0 aromatic heterocycles. The van der Waals surface area contributed by atoms with E-state index in [1.54, 1.807) is 0 Å². The molecule has 1 saturated carbocycles. The Morgan fingerprint density at radius 1 is 1.50 bits per heavy atom. The van der Waals surface area contributed by atoms with Gasteiger partial charge in [0.15, 0.2) is 0 Å². The van der Waals surface area contributed by atoms with E-state index in [-0.39, 0.29) is 12.1 Å². The normalized spacial score (nSPS) is 17.9. The summed E-state index contributed by atoms with van der Waals surface area (Å²) in [5.74, 6) is 0. The van der Waals surface area contributed by atoms with Gasteiger partial charge in [0.05, 0.1) is 23.5 Å². The first-order chi connectivity index (χ1) is 6.65. The maximum Gasteiger partial charge on any atom is 0.0661 e. The van der Waals surface area contributed by atoms with Gasteiger partial charge in [0.1, 0.15) is 0 Å². The number of nitrogens with one attached hydrogen (secondary N) is 1. The van der Waals surface area contributed by atoms with Crippen molar-refractivity contribution in [3.63, 3.8) is 0 Å². The molecule has 0 amide bonds. The Labute approximate surface area is 83.9 Å². The van der Waals surface area contributed by atoms with Gasteiger partial charge in [-0.3, -0.25) is 0 Å². The summed E-state index contributed by atoms with van der Waals surface area (Å²) in [4.78, 5) is 0. The zero-order valence-corrected chi connectivity index (χ0v) is 8.38. The number of hydrogen-bond donors (Lipinski definition) is 3. The fraction of sp³-hybridized carbons (Fsp3) is 0.455. The van der Waals surface area contributed by atoms with Crippen molar-refractivity contribution in [3.05, 3.63) is 23.8 Å². The molecule has 1 aliphatic rings. The summed E-state index contributed by atoms with van der Waals surface area (Å²) in [6.45, 7) is 2.19. The zero-order chi connectivity index (χ0) is 10.2. The van der Waals surface area contributed by atoms with Crippen molar-refractivity contribution in [3.8, 4) is 0 Å². The van der Waals surface area contributed by atoms with Gasteiger partial charge in [0.2, 0.25) is 0 Å². The van der Waals surface area contributed by atoms with Gasteiger partial charge in [-0.25, -0.2) is 0 Å². The molecule has 0 unspecified atom stereocenters. The molecule has 76 valence electrons. The maximum atomic E-state index is 9.16. The predicted octanol–water partition coefficient (Wildman–Crippen LogP) is 1.51. The number of aliphatic hydroxyl groups is 1. The second-order valence-electron chi connectivity index (χ2n) is 4.15. The summed E-state index contributed by atoms with van der Waals surface area (Å²) in [6, 6.07) is 5.93. The third kappa shape index (κ3) is 1.68. The fourth-order valence-electron chi connectivity index (χ4n) is 1.56. The lowest BCUT2D eigenvalue weighted by molar-refractivity contribution is 0.266. The molecule has 0 spiro atoms. The van der Waals surface area contributed by atoms with Crippen molar-refractivity contribution in [1.29, 1.82) is 0 Å². The van der Waals surface area contributed by atoms with E-state index in [0.717, 1.165) is 29.8 Å². The van der Waals surface area contributed by atoms with Crippen molar-refractivity contribution in [2.75, 3.05) is 17.7 Å². The standard InChI is InChI=1S/C11H16N2O/c1-8-2-3-10(9(12)6-8)13-11(7-14)4-5-11/h2-3,6,13-14H,4-5,7,12H2,1H3. The van der Waals surface area contributed by atoms with Gasteiger partial charge in [-0.15, -0.1) is 0 Å². The van der Waals surface area contributed by atoms with Crippen LogP contribution in [0.1, 0.15) is 18.4 Å². The average molecular weight is 192 g/mol. The summed E-state index contributed by atoms with van der Waals surface area (Å²) in [7, 11) is 0. The Hall–Kier alpha value is -1.22. The van der Waals surface area contributed by atoms with Crippen LogP contribution in [0.4, 0.5) is 11.4 Å². The van der Waals surface area contributed by atoms with E-state index in [4.69, 9.17) is 10.8 Å². The molecule has 0 bridgehead atoms. The minimum absolute atomic E-state index is 0.0939. The van der Waals surface area contributed by atoms with Crippen LogP contribution in [0.5, 0.6) is 0 Å². The summed E-state index contributed by atoms with van der Waals surface area (Å²) in [5, 5.41) is 12.5. The predicted molar refractivity (Wildman–Crippen MR) is 58.3 cm³/mol. The molecular weight excluding hydrogens is 176 g/mol. The van der Waals surface area contributed by atoms with Crippen LogP contribution in [0, 0.1) is 6.92 Å². The topological polar surface area (TPSA) is 58.3 Å². The van der Waals surface area contributed by atoms with E-state index >= 15 is 0 Å². The number of benzene rings is 1. The van der Waals surface area contributed by atoms with E-state index in [9.17, 15) is 0 Å². The third-order valence-electron chi connectivity index (χ3n) is 2.76. The molecule has 0 heterocycles. The molecule has 0 radical (unpaired) electrons. The number of aryl methyl sites for hydroxylation is 1. The average Bonchev–Trinajstić information content (AvgIpc) is 2.91. The van der Waals surface area contributed by atoms with E-state index in [0.29, 0.717) is 0 Å². The van der Waals surface area contributed by atoms with Crippen LogP contribution in [0.15, 0.2) is 18.2 Å². The van der Waals surface area contributed by atoms with Crippen molar-refractivity contribution < 1.29 is 5.11 Å². The monoisotopic (exact) mass is 192 g/mol. The third-order valence-corrected chi connectivity index (χ3v) is 2.76. The highest BCUT2D eigenvalue weighted by Crippen LogP contribution is 2.39. The molecule has 4 N–H and O–H groups in total. The first-order valence-electron chi connectivity index (χ1n) is 4.90. The number of nitrogens with two attached hydrogens (primary N) is 1. The Bertz CT molecular complexity index is 345. The number of aliphatic hydroxyl groups excluding tert-OH is 1. The molecule has 2 rings (SSSR count). The van der Waals surface area contributed by atoms with Gasteiger partial charge in [0.25, 0.3) is 0 Å². The van der Waals surface area contributed by atoms with Crippen LogP contribution in [0.3, 0.4) is 0 Å². The van der Waals surface area contributed by atoms with Gasteiger partial charge in [-0.2, -0.15) is 0 Å². The van der Waals surface area contributed by atoms with Crippen LogP contribution in [0.25, 0.3) is 0 Å². The Morgan fingerprint density at radius 3 is 2.71 bits per heavy atom. The van der Waals surface area contributed by atoms with Crippen molar-refractivity contribution in [1.82, 2.24) is 0 Å². The Balaban J connectivity index is 2.17. The molecule has 1 aliphatic carbocycles. The largest absolute Gasteiger partial charge is 0.397 e. The van der Waals surface area contributed by atoms with Crippen LogP contribution < -0.4 is 11.1 Å². The number of nitrogen functional groups attached to an aromatic ring is 1. The van der Waals surface area contributed by atoms with Gasteiger partial charge < -0.3 is 16.2 Å². The second-order valence-corrected chi connectivity index (χ2v) is 4.15. The highest BCUT2D eigenvalue weighted by atomic mass is 16.3. The van der Waals surface area contributed by atoms with Crippen LogP contribution in [-0.2, 0) is 0 Å². The molecule has 3 heteroatoms. The lowest BCUT2D eigenvalue weighted by Gasteiger charge is -2.17. The first kappa shape index (κ1) is 9.34. The maximum absolute atomic E-state index is 9.16. The molecule has 1 aromatic carbocycles. The first-order valence-corrected chi connectivity index (χ1v) is 4.90. The molecule has 1 aromatic rings. The highest BCUT2D eigenvalue weighted by Gasteiger charge is 2.42. The quantitative estimate of drug-likeness (QED) is 0.636. The van der Waals surface area contributed by atoms with E-state index < -0.39 is 0 Å². The van der Waals surface area contributed by atoms with Crippen molar-refractivity contribution >= 4 is 11.4 Å². The minimum atomic E-state index is -0.0939. The molecule has 0 saturated heterocycles. The lowest BCUT2D eigenvalue weighted by atomic mass is 10.1. The minimum Gasteiger partial charge on any atom is -0.397 e. The smallest absolute Gasteiger partial charge is 0.0661 e. The number of rotatable bonds is 3. The fourth-order valence-corrected chi connectivity index (χ4v) is 1.56. The van der Waals surface area contributed by atoms with E-state index in [1.165, 1.54) is 0 Å². The lowest BCUT2D eigenvalue weighted by Crippen LogP contribution is -2.26. The Kier molecular flexibility index (Phi) is 2.11. The SMILES string of the molecule is Cc1ccc(NC2(CO)CC2)c(N)c1. The number of hydrogen-bond acceptors (Lipinski definition) is 3. The summed E-state index contributed by atoms with van der Waals surface area (Å²) in [5.41, 5.74) is 8.61. The van der Waals surface area contributed by atoms with Crippen LogP contribution in [0.2, 0.25) is 0 Å². The van der Waals surface area contributed by atoms with Gasteiger partial charge >= 0.3 is 0 Å². The summed E-state index contributed by atoms with van der Waals surface area (Å²) in [6.07, 6.45) is 2.05. The molecule has 1 fully saturated rings. The summed E-state index contributed by atoms with van der Waals surface area (Å²) < 4.78 is 0. The molecule has 3 nitrogen and oxygen atoms in total. The Morgan fingerprint density at radius 2 is 2.21 bits per heavy atom. The van der Waals surface area contributed by atoms with Crippen molar-refractivity contribution in [2.45, 2.75) is 25.3 Å². The second kappa shape index (κ2) is 3.17. The van der Waals surface area contributed by atoms with E-state index in [2.05, 4.69) is 5.32 Å². The highest BCUT2D eigenvalue weighted by molar-refractivity contribution is 5.68. The summed E-state index contributed by atoms with van der Waals surface area (Å²) >= 11 is 0. The molecule has 0 atom stereocenters. The molecule has 14 heavy (non-hydrogen) atoms. The molecule has 0 aliphatic heterocycles. The van der Waals surface area contributed by atoms with Crippen molar-refractivity contribution in [2.24, 2.45) is 0 Å². The van der Waals surface area contributed by atoms with E-state index in [1.807, 2.05) is 25.1 Å². The van der Waals surface area contributed by atoms with Crippen LogP contribution >= 0.6 is 0 Å². The van der Waals surface area contributed by atoms with Gasteiger partial charge in [-0.1, -0.05) is 6.07 Å². The molecular formula is C11H16N2O. The van der Waals surface area contributed by atoms with Gasteiger partial charge in [-0.05, 0) is 37.5 Å². The van der Waals surface area contributed by atoms with Crippen LogP contribution in [-0.4, -0.2) is 17.3 Å².